The molecular formula is C19H19N3OS. The van der Waals surface area contributed by atoms with E-state index in [1.807, 2.05) is 48.5 Å². The zero-order valence-corrected chi connectivity index (χ0v) is 14.0. The van der Waals surface area contributed by atoms with Gasteiger partial charge in [0.05, 0.1) is 25.0 Å². The van der Waals surface area contributed by atoms with Crippen molar-refractivity contribution in [2.75, 3.05) is 11.9 Å². The Bertz CT molecular complexity index is 753. The van der Waals surface area contributed by atoms with Crippen LogP contribution < -0.4 is 5.32 Å². The van der Waals surface area contributed by atoms with Crippen LogP contribution in [0.1, 0.15) is 17.2 Å². The fourth-order valence-corrected chi connectivity index (χ4v) is 3.12. The summed E-state index contributed by atoms with van der Waals surface area (Å²) in [5.41, 5.74) is 2.27. The number of anilines is 1. The highest BCUT2D eigenvalue weighted by Crippen LogP contribution is 2.23. The smallest absolute Gasteiger partial charge is 0.146 e. The molecule has 1 aromatic heterocycles. The number of nitrogens with one attached hydrogen (secondary N) is 1. The molecule has 1 heterocycles. The molecule has 2 N–H and O–H groups in total. The zero-order valence-electron chi connectivity index (χ0n) is 13.2. The van der Waals surface area contributed by atoms with Gasteiger partial charge in [-0.15, -0.1) is 11.8 Å². The molecule has 1 atom stereocenters. The first-order valence-corrected chi connectivity index (χ1v) is 8.75. The molecule has 0 aliphatic rings. The van der Waals surface area contributed by atoms with Crippen molar-refractivity contribution < 1.29 is 5.11 Å². The molecule has 0 aliphatic heterocycles. The highest BCUT2D eigenvalue weighted by molar-refractivity contribution is 7.98. The number of benzene rings is 2. The second-order valence-corrected chi connectivity index (χ2v) is 6.30. The van der Waals surface area contributed by atoms with Crippen molar-refractivity contribution in [3.8, 4) is 0 Å². The average molecular weight is 337 g/mol. The largest absolute Gasteiger partial charge is 0.394 e. The molecule has 0 radical (unpaired) electrons. The maximum Gasteiger partial charge on any atom is 0.146 e. The predicted molar refractivity (Wildman–Crippen MR) is 97.9 cm³/mol. The number of thioether (sulfide) groups is 1. The molecule has 5 heteroatoms. The highest BCUT2D eigenvalue weighted by atomic mass is 32.2. The Morgan fingerprint density at radius 1 is 0.958 bits per heavy atom. The van der Waals surface area contributed by atoms with Gasteiger partial charge in [0.15, 0.2) is 0 Å². The Hall–Kier alpha value is -2.37. The number of nitrogens with zero attached hydrogens (tertiary/aromatic N) is 2. The summed E-state index contributed by atoms with van der Waals surface area (Å²) in [5, 5.41) is 13.7. The van der Waals surface area contributed by atoms with E-state index < -0.39 is 0 Å². The summed E-state index contributed by atoms with van der Waals surface area (Å²) in [6.07, 6.45) is 3.44. The SMILES string of the molecule is OCC(Nc1cncc(SCc2ccccc2)n1)c1ccccc1. The molecule has 2 aromatic carbocycles. The summed E-state index contributed by atoms with van der Waals surface area (Å²) < 4.78 is 0. The van der Waals surface area contributed by atoms with E-state index in [9.17, 15) is 5.11 Å². The van der Waals surface area contributed by atoms with Gasteiger partial charge in [0.25, 0.3) is 0 Å². The van der Waals surface area contributed by atoms with E-state index in [0.717, 1.165) is 16.3 Å². The maximum absolute atomic E-state index is 9.65. The first-order valence-electron chi connectivity index (χ1n) is 7.76. The lowest BCUT2D eigenvalue weighted by molar-refractivity contribution is 0.276. The van der Waals surface area contributed by atoms with Crippen LogP contribution in [0, 0.1) is 0 Å². The summed E-state index contributed by atoms with van der Waals surface area (Å²) in [6, 6.07) is 19.9. The van der Waals surface area contributed by atoms with Crippen molar-refractivity contribution in [2.45, 2.75) is 16.8 Å². The van der Waals surface area contributed by atoms with Crippen molar-refractivity contribution >= 4 is 17.6 Å². The van der Waals surface area contributed by atoms with Crippen LogP contribution in [0.4, 0.5) is 5.82 Å². The van der Waals surface area contributed by atoms with E-state index in [1.54, 1.807) is 24.2 Å². The molecule has 0 fully saturated rings. The predicted octanol–water partition coefficient (Wildman–Crippen LogP) is 3.91. The molecule has 0 bridgehead atoms. The van der Waals surface area contributed by atoms with Crippen molar-refractivity contribution in [2.24, 2.45) is 0 Å². The van der Waals surface area contributed by atoms with Crippen LogP contribution in [0.2, 0.25) is 0 Å². The summed E-state index contributed by atoms with van der Waals surface area (Å²) in [4.78, 5) is 8.83. The van der Waals surface area contributed by atoms with E-state index >= 15 is 0 Å². The van der Waals surface area contributed by atoms with Crippen LogP contribution in [0.25, 0.3) is 0 Å². The van der Waals surface area contributed by atoms with Crippen molar-refractivity contribution in [3.63, 3.8) is 0 Å². The van der Waals surface area contributed by atoms with Gasteiger partial charge in [-0.25, -0.2) is 4.98 Å². The Kier molecular flexibility index (Phi) is 5.82. The lowest BCUT2D eigenvalue weighted by Crippen LogP contribution is -2.15. The topological polar surface area (TPSA) is 58.0 Å². The van der Waals surface area contributed by atoms with Gasteiger partial charge in [-0.2, -0.15) is 0 Å². The van der Waals surface area contributed by atoms with Gasteiger partial charge in [0, 0.05) is 5.75 Å². The highest BCUT2D eigenvalue weighted by Gasteiger charge is 2.11. The summed E-state index contributed by atoms with van der Waals surface area (Å²) in [5.74, 6) is 1.51. The molecule has 24 heavy (non-hydrogen) atoms. The van der Waals surface area contributed by atoms with Gasteiger partial charge >= 0.3 is 0 Å². The minimum Gasteiger partial charge on any atom is -0.394 e. The van der Waals surface area contributed by atoms with Gasteiger partial charge < -0.3 is 10.4 Å². The standard InChI is InChI=1S/C19H19N3OS/c23-13-17(16-9-5-2-6-10-16)21-18-11-20-12-19(22-18)24-14-15-7-3-1-4-8-15/h1-12,17,23H,13-14H2,(H,21,22). The van der Waals surface area contributed by atoms with Crippen molar-refractivity contribution in [3.05, 3.63) is 84.2 Å². The van der Waals surface area contributed by atoms with Gasteiger partial charge in [-0.3, -0.25) is 4.98 Å². The van der Waals surface area contributed by atoms with E-state index in [2.05, 4.69) is 27.4 Å². The molecule has 1 unspecified atom stereocenters. The first-order chi connectivity index (χ1) is 11.8. The zero-order chi connectivity index (χ0) is 16.6. The normalized spacial score (nSPS) is 11.9. The first kappa shape index (κ1) is 16.5. The third-order valence-corrected chi connectivity index (χ3v) is 4.52. The van der Waals surface area contributed by atoms with Crippen molar-refractivity contribution in [1.29, 1.82) is 0 Å². The van der Waals surface area contributed by atoms with Gasteiger partial charge in [0.1, 0.15) is 10.8 Å². The summed E-state index contributed by atoms with van der Waals surface area (Å²) >= 11 is 1.64. The van der Waals surface area contributed by atoms with E-state index in [0.29, 0.717) is 5.82 Å². The monoisotopic (exact) mass is 337 g/mol. The van der Waals surface area contributed by atoms with Crippen LogP contribution in [-0.2, 0) is 5.75 Å². The Morgan fingerprint density at radius 3 is 2.38 bits per heavy atom. The third-order valence-electron chi connectivity index (χ3n) is 3.55. The molecule has 0 spiro atoms. The molecule has 0 saturated carbocycles. The van der Waals surface area contributed by atoms with E-state index in [1.165, 1.54) is 5.56 Å². The van der Waals surface area contributed by atoms with Crippen LogP contribution in [-0.4, -0.2) is 21.7 Å². The number of hydrogen-bond acceptors (Lipinski definition) is 5. The molecule has 3 aromatic rings. The van der Waals surface area contributed by atoms with Crippen LogP contribution >= 0.6 is 11.8 Å². The molecule has 4 nitrogen and oxygen atoms in total. The Balaban J connectivity index is 1.66. The number of rotatable bonds is 7. The lowest BCUT2D eigenvalue weighted by atomic mass is 10.1. The summed E-state index contributed by atoms with van der Waals surface area (Å²) in [6.45, 7) is -0.00687. The Morgan fingerprint density at radius 2 is 1.67 bits per heavy atom. The fraction of sp³-hybridized carbons (Fsp3) is 0.158. The molecule has 3 rings (SSSR count). The quantitative estimate of drug-likeness (QED) is 0.640. The number of hydrogen-bond donors (Lipinski definition) is 2. The second kappa shape index (κ2) is 8.47. The van der Waals surface area contributed by atoms with Gasteiger partial charge in [-0.05, 0) is 11.1 Å². The summed E-state index contributed by atoms with van der Waals surface area (Å²) in [7, 11) is 0. The van der Waals surface area contributed by atoms with Crippen LogP contribution in [0.3, 0.4) is 0 Å². The van der Waals surface area contributed by atoms with E-state index in [4.69, 9.17) is 0 Å². The lowest BCUT2D eigenvalue weighted by Gasteiger charge is -2.17. The van der Waals surface area contributed by atoms with Crippen molar-refractivity contribution in [1.82, 2.24) is 9.97 Å². The molecule has 0 aliphatic carbocycles. The second-order valence-electron chi connectivity index (χ2n) is 5.31. The number of aliphatic hydroxyl groups is 1. The minimum absolute atomic E-state index is 0.00687. The van der Waals surface area contributed by atoms with Gasteiger partial charge in [-0.1, -0.05) is 60.7 Å². The minimum atomic E-state index is -0.199. The number of aromatic nitrogens is 2. The molecule has 0 amide bonds. The van der Waals surface area contributed by atoms with Crippen LogP contribution in [0.5, 0.6) is 0 Å². The maximum atomic E-state index is 9.65. The third kappa shape index (κ3) is 4.57. The van der Waals surface area contributed by atoms with E-state index in [-0.39, 0.29) is 12.6 Å². The number of aliphatic hydroxyl groups excluding tert-OH is 1. The molecule has 0 saturated heterocycles. The Labute approximate surface area is 146 Å². The fourth-order valence-electron chi connectivity index (χ4n) is 2.32. The van der Waals surface area contributed by atoms with Crippen LogP contribution in [0.15, 0.2) is 78.1 Å². The van der Waals surface area contributed by atoms with Gasteiger partial charge in [0.2, 0.25) is 0 Å². The molecular weight excluding hydrogens is 318 g/mol. The molecule has 122 valence electrons. The average Bonchev–Trinajstić information content (AvgIpc) is 2.66.